The number of aliphatic hydroxyl groups excluding tert-OH is 2. The summed E-state index contributed by atoms with van der Waals surface area (Å²) in [6.45, 7) is -0.220. The number of ether oxygens (including phenoxy) is 1. The zero-order valence-electron chi connectivity index (χ0n) is 10.2. The van der Waals surface area contributed by atoms with Gasteiger partial charge in [0.05, 0.1) is 21.7 Å². The Balaban J connectivity index is 2.13. The van der Waals surface area contributed by atoms with E-state index in [4.69, 9.17) is 10.5 Å². The third kappa shape index (κ3) is 2.11. The van der Waals surface area contributed by atoms with Gasteiger partial charge in [-0.15, -0.1) is 0 Å². The fourth-order valence-corrected chi connectivity index (χ4v) is 3.76. The lowest BCUT2D eigenvalue weighted by molar-refractivity contribution is -0.0437. The highest BCUT2D eigenvalue weighted by Crippen LogP contribution is 2.39. The molecule has 1 aliphatic heterocycles. The predicted octanol–water partition coefficient (Wildman–Crippen LogP) is 1.02. The zero-order valence-corrected chi connectivity index (χ0v) is 13.9. The van der Waals surface area contributed by atoms with Crippen molar-refractivity contribution in [2.45, 2.75) is 24.9 Å². The highest BCUT2D eigenvalue weighted by molar-refractivity contribution is 14.1. The molecule has 3 atom stereocenters. The number of hydrogen-bond donors (Lipinski definition) is 3. The van der Waals surface area contributed by atoms with Gasteiger partial charge in [0.1, 0.15) is 34.7 Å². The maximum atomic E-state index is 9.87. The smallest absolute Gasteiger partial charge is 0.149 e. The second-order valence-corrected chi connectivity index (χ2v) is 6.38. The lowest BCUT2D eigenvalue weighted by Gasteiger charge is -2.15. The summed E-state index contributed by atoms with van der Waals surface area (Å²) in [5.74, 6) is 0.399. The van der Waals surface area contributed by atoms with Gasteiger partial charge in [-0.05, 0) is 38.5 Å². The first kappa shape index (κ1) is 14.4. The van der Waals surface area contributed by atoms with Gasteiger partial charge in [0.15, 0.2) is 0 Å². The Bertz CT molecular complexity index is 665. The second-order valence-electron chi connectivity index (χ2n) is 4.55. The molecule has 1 saturated heterocycles. The third-order valence-electron chi connectivity index (χ3n) is 3.37. The van der Waals surface area contributed by atoms with Crippen molar-refractivity contribution >= 4 is 55.4 Å². The van der Waals surface area contributed by atoms with Gasteiger partial charge in [0.25, 0.3) is 0 Å². The Kier molecular flexibility index (Phi) is 3.88. The number of fused-ring (bicyclic) bond motifs is 1. The van der Waals surface area contributed by atoms with E-state index in [0.717, 1.165) is 13.6 Å². The van der Waals surface area contributed by atoms with Gasteiger partial charge in [-0.2, -0.15) is 0 Å². The van der Waals surface area contributed by atoms with E-state index in [0.29, 0.717) is 17.9 Å². The van der Waals surface area contributed by atoms with Crippen LogP contribution in [0.5, 0.6) is 0 Å². The average molecular weight is 455 g/mol. The van der Waals surface area contributed by atoms with E-state index in [1.165, 1.54) is 6.33 Å². The summed E-state index contributed by atoms with van der Waals surface area (Å²) in [5, 5.41) is 19.8. The van der Waals surface area contributed by atoms with Crippen molar-refractivity contribution < 1.29 is 14.9 Å². The first-order valence-electron chi connectivity index (χ1n) is 5.94. The van der Waals surface area contributed by atoms with Crippen molar-refractivity contribution in [3.63, 3.8) is 0 Å². The van der Waals surface area contributed by atoms with E-state index >= 15 is 0 Å². The van der Waals surface area contributed by atoms with Crippen molar-refractivity contribution in [2.75, 3.05) is 12.3 Å². The fraction of sp³-hybridized carbons (Fsp3) is 0.455. The highest BCUT2D eigenvalue weighted by Gasteiger charge is 2.36. The summed E-state index contributed by atoms with van der Waals surface area (Å²) in [5.41, 5.74) is 6.54. The normalized spacial score (nSPS) is 26.5. The first-order valence-corrected chi connectivity index (χ1v) is 7.81. The van der Waals surface area contributed by atoms with E-state index in [2.05, 4.69) is 48.5 Å². The number of nitrogen functional groups attached to an aromatic ring is 1. The molecule has 0 bridgehead atoms. The fourth-order valence-electron chi connectivity index (χ4n) is 2.38. The summed E-state index contributed by atoms with van der Waals surface area (Å²) in [6.07, 6.45) is 0.0864. The van der Waals surface area contributed by atoms with Crippen LogP contribution in [0.2, 0.25) is 0 Å². The molecular formula is C11H12BrIN4O3. The lowest BCUT2D eigenvalue weighted by atomic mass is 10.2. The molecule has 2 aromatic rings. The number of halogens is 2. The summed E-state index contributed by atoms with van der Waals surface area (Å²) < 4.78 is 9.17. The summed E-state index contributed by atoms with van der Waals surface area (Å²) in [6, 6.07) is 0. The SMILES string of the molecule is Nc1ncnc2c1c(I)c(Br)n2[C@H]1C[C@H](O)[C@@H](CO)O1. The summed E-state index contributed by atoms with van der Waals surface area (Å²) in [7, 11) is 0. The van der Waals surface area contributed by atoms with Crippen LogP contribution in [0.25, 0.3) is 11.0 Å². The van der Waals surface area contributed by atoms with Gasteiger partial charge < -0.3 is 20.7 Å². The maximum Gasteiger partial charge on any atom is 0.149 e. The van der Waals surface area contributed by atoms with Gasteiger partial charge in [-0.3, -0.25) is 4.57 Å². The van der Waals surface area contributed by atoms with Crippen molar-refractivity contribution in [1.29, 1.82) is 0 Å². The van der Waals surface area contributed by atoms with Crippen molar-refractivity contribution in [3.8, 4) is 0 Å². The average Bonchev–Trinajstić information content (AvgIpc) is 2.90. The van der Waals surface area contributed by atoms with Crippen LogP contribution in [0.4, 0.5) is 5.82 Å². The van der Waals surface area contributed by atoms with Gasteiger partial charge in [-0.1, -0.05) is 0 Å². The third-order valence-corrected chi connectivity index (χ3v) is 5.94. The molecule has 1 aliphatic rings. The molecule has 2 aromatic heterocycles. The second kappa shape index (κ2) is 5.37. The molecule has 0 radical (unpaired) electrons. The largest absolute Gasteiger partial charge is 0.394 e. The molecule has 4 N–H and O–H groups in total. The first-order chi connectivity index (χ1) is 9.54. The molecule has 9 heteroatoms. The van der Waals surface area contributed by atoms with Gasteiger partial charge in [0, 0.05) is 6.42 Å². The molecule has 0 saturated carbocycles. The quantitative estimate of drug-likeness (QED) is 0.585. The molecule has 3 rings (SSSR count). The molecule has 7 nitrogen and oxygen atoms in total. The number of nitrogens with zero attached hydrogens (tertiary/aromatic N) is 3. The van der Waals surface area contributed by atoms with Crippen LogP contribution >= 0.6 is 38.5 Å². The van der Waals surface area contributed by atoms with Crippen LogP contribution < -0.4 is 5.73 Å². The summed E-state index contributed by atoms with van der Waals surface area (Å²) in [4.78, 5) is 8.25. The van der Waals surface area contributed by atoms with E-state index in [9.17, 15) is 10.2 Å². The van der Waals surface area contributed by atoms with E-state index in [-0.39, 0.29) is 6.61 Å². The minimum atomic E-state index is -0.703. The van der Waals surface area contributed by atoms with Crippen LogP contribution in [-0.2, 0) is 4.74 Å². The van der Waals surface area contributed by atoms with E-state index < -0.39 is 18.4 Å². The van der Waals surface area contributed by atoms with Crippen molar-refractivity contribution in [2.24, 2.45) is 0 Å². The Morgan fingerprint density at radius 3 is 2.95 bits per heavy atom. The standard InChI is InChI=1S/C11H12BrIN4O3/c12-9-8(13)7-10(14)15-3-16-11(7)17(9)6-1-4(19)5(2-18)20-6/h3-6,18-19H,1-2H2,(H2,14,15,16)/t4-,5+,6+/m0/s1. The minimum Gasteiger partial charge on any atom is -0.394 e. The number of anilines is 1. The zero-order chi connectivity index (χ0) is 14.4. The highest BCUT2D eigenvalue weighted by atomic mass is 127. The van der Waals surface area contributed by atoms with Crippen LogP contribution in [0, 0.1) is 3.57 Å². The van der Waals surface area contributed by atoms with Gasteiger partial charge in [0.2, 0.25) is 0 Å². The number of hydrogen-bond acceptors (Lipinski definition) is 6. The van der Waals surface area contributed by atoms with Gasteiger partial charge >= 0.3 is 0 Å². The monoisotopic (exact) mass is 454 g/mol. The molecule has 0 amide bonds. The number of aromatic nitrogens is 3. The molecule has 0 aromatic carbocycles. The van der Waals surface area contributed by atoms with Crippen LogP contribution in [-0.4, -0.2) is 43.6 Å². The van der Waals surface area contributed by atoms with Crippen LogP contribution in [0.3, 0.4) is 0 Å². The molecule has 3 heterocycles. The van der Waals surface area contributed by atoms with E-state index in [1.54, 1.807) is 0 Å². The molecule has 1 fully saturated rings. The molecule has 20 heavy (non-hydrogen) atoms. The Morgan fingerprint density at radius 2 is 2.30 bits per heavy atom. The lowest BCUT2D eigenvalue weighted by Crippen LogP contribution is -2.24. The topological polar surface area (TPSA) is 106 Å². The van der Waals surface area contributed by atoms with Crippen LogP contribution in [0.15, 0.2) is 10.9 Å². The van der Waals surface area contributed by atoms with Crippen molar-refractivity contribution in [3.05, 3.63) is 14.5 Å². The molecule has 0 spiro atoms. The maximum absolute atomic E-state index is 9.87. The molecular weight excluding hydrogens is 443 g/mol. The number of rotatable bonds is 2. The molecule has 0 aliphatic carbocycles. The predicted molar refractivity (Wildman–Crippen MR) is 84.0 cm³/mol. The Morgan fingerprint density at radius 1 is 1.55 bits per heavy atom. The Hall–Kier alpha value is -0.490. The molecule has 0 unspecified atom stereocenters. The minimum absolute atomic E-state index is 0.220. The Labute approximate surface area is 136 Å². The number of nitrogens with two attached hydrogens (primary N) is 1. The molecule has 108 valence electrons. The van der Waals surface area contributed by atoms with Crippen LogP contribution in [0.1, 0.15) is 12.6 Å². The van der Waals surface area contributed by atoms with Crippen molar-refractivity contribution in [1.82, 2.24) is 14.5 Å². The number of aliphatic hydroxyl groups is 2. The van der Waals surface area contributed by atoms with Gasteiger partial charge in [-0.25, -0.2) is 9.97 Å². The van der Waals surface area contributed by atoms with E-state index in [1.807, 2.05) is 4.57 Å². The summed E-state index contributed by atoms with van der Waals surface area (Å²) >= 11 is 5.67.